The van der Waals surface area contributed by atoms with Crippen LogP contribution in [0, 0.1) is 19.8 Å². The molecule has 1 saturated carbocycles. The van der Waals surface area contributed by atoms with E-state index in [2.05, 4.69) is 0 Å². The molecule has 1 heterocycles. The summed E-state index contributed by atoms with van der Waals surface area (Å²) < 4.78 is 28.2. The van der Waals surface area contributed by atoms with Crippen molar-refractivity contribution in [2.45, 2.75) is 56.4 Å². The molecule has 1 atom stereocenters. The van der Waals surface area contributed by atoms with Crippen LogP contribution in [0.5, 0.6) is 0 Å². The SMILES string of the molecule is Cc1cccc(C)c1S(=O)(=O)N1CCC(C(=O)O)CC12CCC2. The summed E-state index contributed by atoms with van der Waals surface area (Å²) in [5.74, 6) is -1.24. The lowest BCUT2D eigenvalue weighted by Gasteiger charge is -2.53. The van der Waals surface area contributed by atoms with Crippen LogP contribution in [-0.4, -0.2) is 35.9 Å². The topological polar surface area (TPSA) is 74.7 Å². The first-order valence-corrected chi connectivity index (χ1v) is 9.54. The van der Waals surface area contributed by atoms with E-state index in [0.29, 0.717) is 24.3 Å². The lowest BCUT2D eigenvalue weighted by Crippen LogP contribution is -2.60. The highest BCUT2D eigenvalue weighted by Crippen LogP contribution is 2.48. The maximum absolute atomic E-state index is 13.3. The van der Waals surface area contributed by atoms with Crippen molar-refractivity contribution in [1.82, 2.24) is 4.31 Å². The fraction of sp³-hybridized carbons (Fsp3) is 0.588. The Kier molecular flexibility index (Phi) is 4.01. The number of rotatable bonds is 3. The second-order valence-corrected chi connectivity index (χ2v) is 8.70. The average Bonchev–Trinajstić information content (AvgIpc) is 2.44. The zero-order valence-corrected chi connectivity index (χ0v) is 14.4. The molecule has 6 heteroatoms. The van der Waals surface area contributed by atoms with Gasteiger partial charge in [-0.15, -0.1) is 0 Å². The van der Waals surface area contributed by atoms with Gasteiger partial charge in [0.25, 0.3) is 0 Å². The van der Waals surface area contributed by atoms with Crippen LogP contribution in [-0.2, 0) is 14.8 Å². The second-order valence-electron chi connectivity index (χ2n) is 6.90. The molecule has 5 nitrogen and oxygen atoms in total. The van der Waals surface area contributed by atoms with E-state index in [4.69, 9.17) is 0 Å². The Bertz CT molecular complexity index is 717. The number of nitrogens with zero attached hydrogens (tertiary/aromatic N) is 1. The molecular formula is C17H23NO4S. The van der Waals surface area contributed by atoms with Gasteiger partial charge in [0.15, 0.2) is 0 Å². The van der Waals surface area contributed by atoms with Gasteiger partial charge in [0.05, 0.1) is 10.8 Å². The molecule has 1 N–H and O–H groups in total. The fourth-order valence-corrected chi connectivity index (χ4v) is 6.40. The summed E-state index contributed by atoms with van der Waals surface area (Å²) in [6.45, 7) is 3.93. The van der Waals surface area contributed by atoms with Gasteiger partial charge in [-0.25, -0.2) is 8.42 Å². The van der Waals surface area contributed by atoms with Crippen molar-refractivity contribution in [1.29, 1.82) is 0 Å². The molecular weight excluding hydrogens is 314 g/mol. The van der Waals surface area contributed by atoms with Crippen LogP contribution in [0.1, 0.15) is 43.2 Å². The molecule has 1 spiro atoms. The van der Waals surface area contributed by atoms with E-state index in [1.807, 2.05) is 32.0 Å². The number of aryl methyl sites for hydroxylation is 2. The van der Waals surface area contributed by atoms with Crippen molar-refractivity contribution >= 4 is 16.0 Å². The third kappa shape index (κ3) is 2.58. The van der Waals surface area contributed by atoms with E-state index < -0.39 is 27.4 Å². The molecule has 3 rings (SSSR count). The van der Waals surface area contributed by atoms with Crippen LogP contribution in [0.25, 0.3) is 0 Å². The minimum Gasteiger partial charge on any atom is -0.481 e. The van der Waals surface area contributed by atoms with Crippen LogP contribution in [0.3, 0.4) is 0 Å². The van der Waals surface area contributed by atoms with Gasteiger partial charge in [-0.2, -0.15) is 4.31 Å². The van der Waals surface area contributed by atoms with Gasteiger partial charge in [0.1, 0.15) is 0 Å². The highest BCUT2D eigenvalue weighted by molar-refractivity contribution is 7.89. The molecule has 0 amide bonds. The Morgan fingerprint density at radius 3 is 2.35 bits per heavy atom. The maximum Gasteiger partial charge on any atom is 0.306 e. The largest absolute Gasteiger partial charge is 0.481 e. The minimum atomic E-state index is -3.60. The van der Waals surface area contributed by atoms with E-state index in [1.165, 1.54) is 0 Å². The van der Waals surface area contributed by atoms with E-state index in [-0.39, 0.29) is 0 Å². The smallest absolute Gasteiger partial charge is 0.306 e. The lowest BCUT2D eigenvalue weighted by atomic mass is 9.68. The number of hydrogen-bond donors (Lipinski definition) is 1. The van der Waals surface area contributed by atoms with E-state index in [0.717, 1.165) is 30.4 Å². The molecule has 1 aliphatic carbocycles. The van der Waals surface area contributed by atoms with Crippen molar-refractivity contribution in [2.75, 3.05) is 6.54 Å². The lowest BCUT2D eigenvalue weighted by molar-refractivity contribution is -0.146. The van der Waals surface area contributed by atoms with Crippen LogP contribution in [0.2, 0.25) is 0 Å². The van der Waals surface area contributed by atoms with E-state index >= 15 is 0 Å². The summed E-state index contributed by atoms with van der Waals surface area (Å²) in [5, 5.41) is 9.32. The fourth-order valence-electron chi connectivity index (χ4n) is 4.11. The maximum atomic E-state index is 13.3. The molecule has 126 valence electrons. The van der Waals surface area contributed by atoms with Crippen molar-refractivity contribution in [2.24, 2.45) is 5.92 Å². The first kappa shape index (κ1) is 16.5. The number of sulfonamides is 1. The number of benzene rings is 1. The average molecular weight is 337 g/mol. The normalized spacial score (nSPS) is 24.3. The molecule has 2 aliphatic rings. The Morgan fingerprint density at radius 2 is 1.87 bits per heavy atom. The molecule has 1 aromatic rings. The summed E-state index contributed by atoms with van der Waals surface area (Å²) >= 11 is 0. The van der Waals surface area contributed by atoms with Crippen molar-refractivity contribution in [3.8, 4) is 0 Å². The van der Waals surface area contributed by atoms with Gasteiger partial charge in [-0.05, 0) is 57.1 Å². The highest BCUT2D eigenvalue weighted by Gasteiger charge is 2.53. The number of carboxylic acid groups (broad SMARTS) is 1. The van der Waals surface area contributed by atoms with E-state index in [9.17, 15) is 18.3 Å². The summed E-state index contributed by atoms with van der Waals surface area (Å²) in [6.07, 6.45) is 3.32. The number of hydrogen-bond acceptors (Lipinski definition) is 3. The minimum absolute atomic E-state index is 0.299. The zero-order valence-electron chi connectivity index (χ0n) is 13.6. The van der Waals surface area contributed by atoms with Gasteiger partial charge >= 0.3 is 5.97 Å². The van der Waals surface area contributed by atoms with E-state index in [1.54, 1.807) is 4.31 Å². The summed E-state index contributed by atoms with van der Waals surface area (Å²) in [4.78, 5) is 11.7. The Labute approximate surface area is 137 Å². The Hall–Kier alpha value is -1.40. The molecule has 0 aromatic heterocycles. The number of carbonyl (C=O) groups is 1. The van der Waals surface area contributed by atoms with Gasteiger partial charge < -0.3 is 5.11 Å². The molecule has 1 aromatic carbocycles. The first-order chi connectivity index (χ1) is 10.8. The molecule has 23 heavy (non-hydrogen) atoms. The number of carboxylic acids is 1. The Balaban J connectivity index is 2.02. The van der Waals surface area contributed by atoms with Crippen molar-refractivity contribution in [3.63, 3.8) is 0 Å². The van der Waals surface area contributed by atoms with Crippen molar-refractivity contribution in [3.05, 3.63) is 29.3 Å². The van der Waals surface area contributed by atoms with Gasteiger partial charge in [-0.1, -0.05) is 18.2 Å². The van der Waals surface area contributed by atoms with Gasteiger partial charge in [-0.3, -0.25) is 4.79 Å². The highest BCUT2D eigenvalue weighted by atomic mass is 32.2. The monoisotopic (exact) mass is 337 g/mol. The van der Waals surface area contributed by atoms with Gasteiger partial charge in [0, 0.05) is 12.1 Å². The molecule has 1 aliphatic heterocycles. The second kappa shape index (κ2) is 5.60. The third-order valence-electron chi connectivity index (χ3n) is 5.43. The van der Waals surface area contributed by atoms with Crippen LogP contribution in [0.15, 0.2) is 23.1 Å². The summed E-state index contributed by atoms with van der Waals surface area (Å²) in [6, 6.07) is 5.49. The van der Waals surface area contributed by atoms with Crippen LogP contribution in [0.4, 0.5) is 0 Å². The van der Waals surface area contributed by atoms with Gasteiger partial charge in [0.2, 0.25) is 10.0 Å². The quantitative estimate of drug-likeness (QED) is 0.920. The standard InChI is InChI=1S/C17H23NO4S/c1-12-5-3-6-13(2)15(12)23(21,22)18-10-7-14(16(19)20)11-17(18)8-4-9-17/h3,5-6,14H,4,7-11H2,1-2H3,(H,19,20). The van der Waals surface area contributed by atoms with Crippen LogP contribution >= 0.6 is 0 Å². The number of aliphatic carboxylic acids is 1. The van der Waals surface area contributed by atoms with Crippen molar-refractivity contribution < 1.29 is 18.3 Å². The Morgan fingerprint density at radius 1 is 1.26 bits per heavy atom. The molecule has 1 unspecified atom stereocenters. The number of piperidine rings is 1. The molecule has 0 bridgehead atoms. The predicted octanol–water partition coefficient (Wildman–Crippen LogP) is 2.71. The third-order valence-corrected chi connectivity index (χ3v) is 7.74. The molecule has 0 radical (unpaired) electrons. The molecule has 2 fully saturated rings. The van der Waals surface area contributed by atoms with Crippen LogP contribution < -0.4 is 0 Å². The first-order valence-electron chi connectivity index (χ1n) is 8.10. The summed E-state index contributed by atoms with van der Waals surface area (Å²) in [7, 11) is -3.60. The predicted molar refractivity (Wildman–Crippen MR) is 86.7 cm³/mol. The molecule has 1 saturated heterocycles. The summed E-state index contributed by atoms with van der Waals surface area (Å²) in [5.41, 5.74) is 1.01. The zero-order chi connectivity index (χ0) is 16.8.